The molecule has 0 spiro atoms. The molecule has 0 aliphatic carbocycles. The zero-order valence-corrected chi connectivity index (χ0v) is 8.36. The molecule has 1 rings (SSSR count). The first kappa shape index (κ1) is 10.7. The maximum Gasteiger partial charge on any atom is 0.308 e. The third-order valence-electron chi connectivity index (χ3n) is 1.96. The van der Waals surface area contributed by atoms with Crippen molar-refractivity contribution in [1.82, 2.24) is 0 Å². The molecule has 3 nitrogen and oxygen atoms in total. The van der Waals surface area contributed by atoms with Crippen molar-refractivity contribution in [2.45, 2.75) is 19.8 Å². The van der Waals surface area contributed by atoms with Gasteiger partial charge in [0.1, 0.15) is 5.75 Å². The molecule has 0 fully saturated rings. The molecule has 0 radical (unpaired) electrons. The average Bonchev–Trinajstić information content (AvgIpc) is 2.16. The van der Waals surface area contributed by atoms with Crippen LogP contribution in [0.5, 0.6) is 5.75 Å². The Kier molecular flexibility index (Phi) is 3.65. The standard InChI is InChI=1S/C11H14O3/c1-8(7-12)10-4-3-5-11(6-10)14-9(2)13/h3-6,8,12H,7H2,1-2H3. The molecule has 3 heteroatoms. The molecule has 1 atom stereocenters. The number of aliphatic hydroxyl groups excluding tert-OH is 1. The van der Waals surface area contributed by atoms with Crippen LogP contribution < -0.4 is 4.74 Å². The lowest BCUT2D eigenvalue weighted by Crippen LogP contribution is -2.03. The number of aliphatic hydroxyl groups is 1. The predicted octanol–water partition coefficient (Wildman–Crippen LogP) is 1.71. The summed E-state index contributed by atoms with van der Waals surface area (Å²) in [4.78, 5) is 10.7. The number of carbonyl (C=O) groups excluding carboxylic acids is 1. The Labute approximate surface area is 83.3 Å². The molecular formula is C11H14O3. The van der Waals surface area contributed by atoms with Crippen LogP contribution in [-0.2, 0) is 4.79 Å². The minimum atomic E-state index is -0.334. The van der Waals surface area contributed by atoms with Crippen LogP contribution in [0.3, 0.4) is 0 Å². The zero-order valence-electron chi connectivity index (χ0n) is 8.36. The fourth-order valence-corrected chi connectivity index (χ4v) is 1.16. The van der Waals surface area contributed by atoms with Gasteiger partial charge < -0.3 is 9.84 Å². The Morgan fingerprint density at radius 2 is 2.29 bits per heavy atom. The smallest absolute Gasteiger partial charge is 0.308 e. The fraction of sp³-hybridized carbons (Fsp3) is 0.364. The van der Waals surface area contributed by atoms with Crippen LogP contribution in [-0.4, -0.2) is 17.7 Å². The van der Waals surface area contributed by atoms with Gasteiger partial charge in [0.05, 0.1) is 0 Å². The van der Waals surface area contributed by atoms with Gasteiger partial charge in [-0.25, -0.2) is 0 Å². The van der Waals surface area contributed by atoms with E-state index in [1.807, 2.05) is 13.0 Å². The summed E-state index contributed by atoms with van der Waals surface area (Å²) in [5, 5.41) is 8.95. The van der Waals surface area contributed by atoms with E-state index in [1.165, 1.54) is 6.92 Å². The first-order valence-electron chi connectivity index (χ1n) is 4.52. The van der Waals surface area contributed by atoms with E-state index in [1.54, 1.807) is 18.2 Å². The molecule has 76 valence electrons. The van der Waals surface area contributed by atoms with Gasteiger partial charge in [0, 0.05) is 19.4 Å². The minimum Gasteiger partial charge on any atom is -0.427 e. The zero-order chi connectivity index (χ0) is 10.6. The molecular weight excluding hydrogens is 180 g/mol. The van der Waals surface area contributed by atoms with Crippen LogP contribution >= 0.6 is 0 Å². The second kappa shape index (κ2) is 4.77. The van der Waals surface area contributed by atoms with Crippen LogP contribution in [0.25, 0.3) is 0 Å². The predicted molar refractivity (Wildman–Crippen MR) is 53.3 cm³/mol. The van der Waals surface area contributed by atoms with E-state index < -0.39 is 0 Å². The van der Waals surface area contributed by atoms with Crippen LogP contribution in [0.1, 0.15) is 25.3 Å². The third kappa shape index (κ3) is 2.85. The number of rotatable bonds is 3. The number of esters is 1. The Morgan fingerprint density at radius 3 is 2.86 bits per heavy atom. The summed E-state index contributed by atoms with van der Waals surface area (Å²) < 4.78 is 4.93. The molecule has 1 N–H and O–H groups in total. The monoisotopic (exact) mass is 194 g/mol. The number of hydrogen-bond donors (Lipinski definition) is 1. The van der Waals surface area contributed by atoms with Crippen molar-refractivity contribution < 1.29 is 14.6 Å². The minimum absolute atomic E-state index is 0.0607. The highest BCUT2D eigenvalue weighted by molar-refractivity contribution is 5.69. The highest BCUT2D eigenvalue weighted by Crippen LogP contribution is 2.20. The number of carbonyl (C=O) groups is 1. The second-order valence-electron chi connectivity index (χ2n) is 3.25. The normalized spacial score (nSPS) is 12.2. The summed E-state index contributed by atoms with van der Waals surface area (Å²) in [7, 11) is 0. The van der Waals surface area contributed by atoms with E-state index in [9.17, 15) is 4.79 Å². The van der Waals surface area contributed by atoms with Crippen molar-refractivity contribution in [1.29, 1.82) is 0 Å². The summed E-state index contributed by atoms with van der Waals surface area (Å²) in [5.41, 5.74) is 0.964. The van der Waals surface area contributed by atoms with Gasteiger partial charge in [-0.15, -0.1) is 0 Å². The lowest BCUT2D eigenvalue weighted by Gasteiger charge is -2.09. The molecule has 1 unspecified atom stereocenters. The summed E-state index contributed by atoms with van der Waals surface area (Å²) >= 11 is 0. The Hall–Kier alpha value is -1.35. The van der Waals surface area contributed by atoms with E-state index in [0.29, 0.717) is 5.75 Å². The van der Waals surface area contributed by atoms with Gasteiger partial charge in [-0.05, 0) is 17.7 Å². The molecule has 0 saturated carbocycles. The molecule has 0 bridgehead atoms. The van der Waals surface area contributed by atoms with Gasteiger partial charge in [-0.3, -0.25) is 4.79 Å². The van der Waals surface area contributed by atoms with Crippen LogP contribution in [0.4, 0.5) is 0 Å². The SMILES string of the molecule is CC(=O)Oc1cccc(C(C)CO)c1. The molecule has 1 aromatic carbocycles. The summed E-state index contributed by atoms with van der Waals surface area (Å²) in [6.45, 7) is 3.36. The van der Waals surface area contributed by atoms with Crippen molar-refractivity contribution in [2.75, 3.05) is 6.61 Å². The first-order valence-corrected chi connectivity index (χ1v) is 4.52. The molecule has 0 amide bonds. The number of ether oxygens (including phenoxy) is 1. The molecule has 1 aromatic rings. The van der Waals surface area contributed by atoms with Crippen molar-refractivity contribution >= 4 is 5.97 Å². The first-order chi connectivity index (χ1) is 6.63. The highest BCUT2D eigenvalue weighted by Gasteiger charge is 2.05. The van der Waals surface area contributed by atoms with Gasteiger partial charge >= 0.3 is 5.97 Å². The lowest BCUT2D eigenvalue weighted by molar-refractivity contribution is -0.131. The van der Waals surface area contributed by atoms with E-state index in [0.717, 1.165) is 5.56 Å². The molecule has 0 heterocycles. The van der Waals surface area contributed by atoms with Crippen molar-refractivity contribution in [3.05, 3.63) is 29.8 Å². The summed E-state index contributed by atoms with van der Waals surface area (Å²) in [5.74, 6) is 0.250. The van der Waals surface area contributed by atoms with Gasteiger partial charge in [0.15, 0.2) is 0 Å². The molecule has 0 aliphatic heterocycles. The van der Waals surface area contributed by atoms with Gasteiger partial charge in [-0.1, -0.05) is 19.1 Å². The Balaban J connectivity index is 2.83. The molecule has 0 aliphatic rings. The Morgan fingerprint density at radius 1 is 1.57 bits per heavy atom. The number of benzene rings is 1. The Bertz CT molecular complexity index is 320. The van der Waals surface area contributed by atoms with Crippen molar-refractivity contribution in [3.8, 4) is 5.75 Å². The van der Waals surface area contributed by atoms with Crippen LogP contribution in [0.2, 0.25) is 0 Å². The summed E-state index contributed by atoms with van der Waals surface area (Å²) in [6.07, 6.45) is 0. The van der Waals surface area contributed by atoms with Crippen molar-refractivity contribution in [3.63, 3.8) is 0 Å². The molecule has 0 aromatic heterocycles. The van der Waals surface area contributed by atoms with E-state index in [-0.39, 0.29) is 18.5 Å². The molecule has 0 saturated heterocycles. The van der Waals surface area contributed by atoms with Crippen LogP contribution in [0, 0.1) is 0 Å². The highest BCUT2D eigenvalue weighted by atomic mass is 16.5. The molecule has 14 heavy (non-hydrogen) atoms. The van der Waals surface area contributed by atoms with Crippen molar-refractivity contribution in [2.24, 2.45) is 0 Å². The summed E-state index contributed by atoms with van der Waals surface area (Å²) in [6, 6.07) is 7.19. The largest absolute Gasteiger partial charge is 0.427 e. The fourth-order valence-electron chi connectivity index (χ4n) is 1.16. The topological polar surface area (TPSA) is 46.5 Å². The van der Waals surface area contributed by atoms with E-state index in [4.69, 9.17) is 9.84 Å². The quantitative estimate of drug-likeness (QED) is 0.588. The van der Waals surface area contributed by atoms with E-state index >= 15 is 0 Å². The maximum absolute atomic E-state index is 10.7. The van der Waals surface area contributed by atoms with Gasteiger partial charge in [0.25, 0.3) is 0 Å². The maximum atomic E-state index is 10.7. The van der Waals surface area contributed by atoms with Gasteiger partial charge in [0.2, 0.25) is 0 Å². The number of hydrogen-bond acceptors (Lipinski definition) is 3. The van der Waals surface area contributed by atoms with Crippen LogP contribution in [0.15, 0.2) is 24.3 Å². The van der Waals surface area contributed by atoms with Gasteiger partial charge in [-0.2, -0.15) is 0 Å². The second-order valence-corrected chi connectivity index (χ2v) is 3.25. The average molecular weight is 194 g/mol. The van der Waals surface area contributed by atoms with E-state index in [2.05, 4.69) is 0 Å². The third-order valence-corrected chi connectivity index (χ3v) is 1.96. The lowest BCUT2D eigenvalue weighted by atomic mass is 10.0.